The summed E-state index contributed by atoms with van der Waals surface area (Å²) in [4.78, 5) is 11.3. The zero-order chi connectivity index (χ0) is 11.5. The molecule has 4 heteroatoms. The Labute approximate surface area is 91.3 Å². The third-order valence-corrected chi connectivity index (χ3v) is 3.07. The van der Waals surface area contributed by atoms with E-state index in [2.05, 4.69) is 6.92 Å². The third-order valence-electron chi connectivity index (χ3n) is 3.07. The Balaban J connectivity index is 2.42. The number of primary amides is 1. The molecular formula is C11H22N2O2. The van der Waals surface area contributed by atoms with E-state index < -0.39 is 11.4 Å². The normalized spacial score (nSPS) is 22.1. The van der Waals surface area contributed by atoms with Crippen molar-refractivity contribution >= 4 is 5.91 Å². The Morgan fingerprint density at radius 1 is 1.60 bits per heavy atom. The van der Waals surface area contributed by atoms with Crippen LogP contribution in [0, 0.1) is 5.92 Å². The molecule has 0 aromatic rings. The van der Waals surface area contributed by atoms with Gasteiger partial charge in [-0.1, -0.05) is 13.3 Å². The lowest BCUT2D eigenvalue weighted by Gasteiger charge is -2.27. The Bertz CT molecular complexity index is 229. The second kappa shape index (κ2) is 4.94. The molecule has 0 heterocycles. The van der Waals surface area contributed by atoms with Gasteiger partial charge in [0.2, 0.25) is 5.91 Å². The van der Waals surface area contributed by atoms with E-state index in [-0.39, 0.29) is 18.6 Å². The fraction of sp³-hybridized carbons (Fsp3) is 0.909. The van der Waals surface area contributed by atoms with Crippen LogP contribution in [0.4, 0.5) is 0 Å². The van der Waals surface area contributed by atoms with Crippen LogP contribution >= 0.6 is 0 Å². The summed E-state index contributed by atoms with van der Waals surface area (Å²) in [6.07, 6.45) is 4.18. The van der Waals surface area contributed by atoms with Gasteiger partial charge in [-0.15, -0.1) is 0 Å². The molecule has 0 aromatic heterocycles. The zero-order valence-electron chi connectivity index (χ0n) is 9.66. The number of rotatable bonds is 7. The molecule has 4 nitrogen and oxygen atoms in total. The minimum Gasteiger partial charge on any atom is -0.376 e. The van der Waals surface area contributed by atoms with Gasteiger partial charge in [-0.2, -0.15) is 0 Å². The number of ether oxygens (including phenoxy) is 1. The number of nitrogens with two attached hydrogens (primary N) is 2. The minimum absolute atomic E-state index is 0.149. The number of hydrogen-bond acceptors (Lipinski definition) is 3. The highest BCUT2D eigenvalue weighted by atomic mass is 16.5. The molecular weight excluding hydrogens is 192 g/mol. The topological polar surface area (TPSA) is 78.3 Å². The number of hydrogen-bond donors (Lipinski definition) is 2. The standard InChI is InChI=1S/C11H22N2O2/c1-3-4-8(2)15-7-11(13,10(12)14)9-5-6-9/h8-9H,3-7,13H2,1-2H3,(H2,12,14). The van der Waals surface area contributed by atoms with Crippen LogP contribution in [0.1, 0.15) is 39.5 Å². The maximum Gasteiger partial charge on any atom is 0.240 e. The van der Waals surface area contributed by atoms with Crippen LogP contribution in [0.5, 0.6) is 0 Å². The predicted molar refractivity (Wildman–Crippen MR) is 59.2 cm³/mol. The molecule has 0 saturated heterocycles. The summed E-state index contributed by atoms with van der Waals surface area (Å²) in [6, 6.07) is 0. The van der Waals surface area contributed by atoms with Gasteiger partial charge < -0.3 is 16.2 Å². The zero-order valence-corrected chi connectivity index (χ0v) is 9.66. The largest absolute Gasteiger partial charge is 0.376 e. The van der Waals surface area contributed by atoms with Crippen molar-refractivity contribution in [2.75, 3.05) is 6.61 Å². The van der Waals surface area contributed by atoms with Gasteiger partial charge in [0.05, 0.1) is 12.7 Å². The van der Waals surface area contributed by atoms with Gasteiger partial charge in [0.25, 0.3) is 0 Å². The molecule has 1 amide bonds. The van der Waals surface area contributed by atoms with Gasteiger partial charge in [0.1, 0.15) is 5.54 Å². The number of amides is 1. The molecule has 0 aliphatic heterocycles. The molecule has 0 radical (unpaired) electrons. The van der Waals surface area contributed by atoms with E-state index in [1.54, 1.807) is 0 Å². The Morgan fingerprint density at radius 3 is 2.60 bits per heavy atom. The molecule has 1 saturated carbocycles. The number of carbonyl (C=O) groups is 1. The first-order valence-electron chi connectivity index (χ1n) is 5.71. The van der Waals surface area contributed by atoms with E-state index in [0.29, 0.717) is 0 Å². The molecule has 1 rings (SSSR count). The summed E-state index contributed by atoms with van der Waals surface area (Å²) in [6.45, 7) is 4.36. The first-order valence-corrected chi connectivity index (χ1v) is 5.71. The van der Waals surface area contributed by atoms with Crippen LogP contribution in [-0.2, 0) is 9.53 Å². The lowest BCUT2D eigenvalue weighted by atomic mass is 9.95. The molecule has 0 spiro atoms. The van der Waals surface area contributed by atoms with Crippen LogP contribution in [-0.4, -0.2) is 24.2 Å². The SMILES string of the molecule is CCCC(C)OCC(N)(C(N)=O)C1CC1. The van der Waals surface area contributed by atoms with Gasteiger partial charge >= 0.3 is 0 Å². The molecule has 0 aromatic carbocycles. The molecule has 4 N–H and O–H groups in total. The fourth-order valence-electron chi connectivity index (χ4n) is 1.76. The first-order chi connectivity index (χ1) is 7.00. The lowest BCUT2D eigenvalue weighted by molar-refractivity contribution is -0.127. The van der Waals surface area contributed by atoms with Crippen molar-refractivity contribution in [3.8, 4) is 0 Å². The Hall–Kier alpha value is -0.610. The molecule has 1 aliphatic rings. The molecule has 1 fully saturated rings. The smallest absolute Gasteiger partial charge is 0.240 e. The molecule has 15 heavy (non-hydrogen) atoms. The molecule has 0 bridgehead atoms. The van der Waals surface area contributed by atoms with Gasteiger partial charge in [-0.05, 0) is 32.1 Å². The fourth-order valence-corrected chi connectivity index (χ4v) is 1.76. The van der Waals surface area contributed by atoms with Gasteiger partial charge in [0.15, 0.2) is 0 Å². The van der Waals surface area contributed by atoms with Crippen molar-refractivity contribution in [2.24, 2.45) is 17.4 Å². The van der Waals surface area contributed by atoms with Crippen LogP contribution < -0.4 is 11.5 Å². The Kier molecular flexibility index (Phi) is 4.11. The summed E-state index contributed by atoms with van der Waals surface area (Å²) >= 11 is 0. The van der Waals surface area contributed by atoms with Crippen molar-refractivity contribution in [1.29, 1.82) is 0 Å². The van der Waals surface area contributed by atoms with Crippen LogP contribution in [0.3, 0.4) is 0 Å². The second-order valence-corrected chi connectivity index (χ2v) is 4.59. The number of carbonyl (C=O) groups excluding carboxylic acids is 1. The van der Waals surface area contributed by atoms with Crippen molar-refractivity contribution in [1.82, 2.24) is 0 Å². The average Bonchev–Trinajstić information content (AvgIpc) is 2.97. The maximum absolute atomic E-state index is 11.3. The third kappa shape index (κ3) is 3.18. The average molecular weight is 214 g/mol. The van der Waals surface area contributed by atoms with E-state index in [1.807, 2.05) is 6.92 Å². The second-order valence-electron chi connectivity index (χ2n) is 4.59. The first kappa shape index (κ1) is 12.5. The van der Waals surface area contributed by atoms with E-state index in [1.165, 1.54) is 0 Å². The highest BCUT2D eigenvalue weighted by Crippen LogP contribution is 2.38. The minimum atomic E-state index is -0.942. The summed E-state index contributed by atoms with van der Waals surface area (Å²) in [5.41, 5.74) is 10.4. The molecule has 1 aliphatic carbocycles. The van der Waals surface area contributed by atoms with Crippen molar-refractivity contribution < 1.29 is 9.53 Å². The summed E-state index contributed by atoms with van der Waals surface area (Å²) in [7, 11) is 0. The maximum atomic E-state index is 11.3. The predicted octanol–water partition coefficient (Wildman–Crippen LogP) is 0.784. The summed E-state index contributed by atoms with van der Waals surface area (Å²) in [5, 5.41) is 0. The van der Waals surface area contributed by atoms with Crippen molar-refractivity contribution in [2.45, 2.75) is 51.2 Å². The highest BCUT2D eigenvalue weighted by Gasteiger charge is 2.47. The highest BCUT2D eigenvalue weighted by molar-refractivity contribution is 5.85. The summed E-state index contributed by atoms with van der Waals surface area (Å²) < 4.78 is 5.58. The van der Waals surface area contributed by atoms with Crippen LogP contribution in [0.15, 0.2) is 0 Å². The monoisotopic (exact) mass is 214 g/mol. The van der Waals surface area contributed by atoms with Gasteiger partial charge in [-0.25, -0.2) is 0 Å². The molecule has 2 unspecified atom stereocenters. The van der Waals surface area contributed by atoms with Crippen molar-refractivity contribution in [3.63, 3.8) is 0 Å². The quantitative estimate of drug-likeness (QED) is 0.657. The van der Waals surface area contributed by atoms with Crippen LogP contribution in [0.2, 0.25) is 0 Å². The van der Waals surface area contributed by atoms with Crippen LogP contribution in [0.25, 0.3) is 0 Å². The van der Waals surface area contributed by atoms with Gasteiger partial charge in [-0.3, -0.25) is 4.79 Å². The van der Waals surface area contributed by atoms with Gasteiger partial charge in [0, 0.05) is 0 Å². The lowest BCUT2D eigenvalue weighted by Crippen LogP contribution is -2.57. The van der Waals surface area contributed by atoms with E-state index in [4.69, 9.17) is 16.2 Å². The Morgan fingerprint density at radius 2 is 2.20 bits per heavy atom. The molecule has 88 valence electrons. The van der Waals surface area contributed by atoms with E-state index in [0.717, 1.165) is 25.7 Å². The summed E-state index contributed by atoms with van der Waals surface area (Å²) in [5.74, 6) is -0.211. The molecule has 2 atom stereocenters. The van der Waals surface area contributed by atoms with E-state index >= 15 is 0 Å². The van der Waals surface area contributed by atoms with E-state index in [9.17, 15) is 4.79 Å². The van der Waals surface area contributed by atoms with Crippen molar-refractivity contribution in [3.05, 3.63) is 0 Å².